The van der Waals surface area contributed by atoms with Crippen molar-refractivity contribution in [1.29, 1.82) is 0 Å². The molecule has 0 amide bonds. The molecule has 0 spiro atoms. The summed E-state index contributed by atoms with van der Waals surface area (Å²) in [6.45, 7) is 11.3. The molecule has 2 unspecified atom stereocenters. The predicted molar refractivity (Wildman–Crippen MR) is 75.0 cm³/mol. The van der Waals surface area contributed by atoms with E-state index in [1.807, 2.05) is 41.5 Å². The molecule has 0 heterocycles. The van der Waals surface area contributed by atoms with Gasteiger partial charge in [0.25, 0.3) is 0 Å². The summed E-state index contributed by atoms with van der Waals surface area (Å²) >= 11 is 0. The molecule has 0 aliphatic heterocycles. The van der Waals surface area contributed by atoms with Crippen LogP contribution in [-0.4, -0.2) is 22.2 Å². The first kappa shape index (κ1) is 17.9. The summed E-state index contributed by atoms with van der Waals surface area (Å²) < 4.78 is 0. The van der Waals surface area contributed by atoms with Crippen molar-refractivity contribution in [3.63, 3.8) is 0 Å². The van der Waals surface area contributed by atoms with Crippen LogP contribution >= 0.6 is 0 Å². The number of aliphatic carboxylic acids is 2. The largest absolute Gasteiger partial charge is 0.481 e. The van der Waals surface area contributed by atoms with E-state index < -0.39 is 34.6 Å². The van der Waals surface area contributed by atoms with Crippen LogP contribution in [0.1, 0.15) is 60.8 Å². The summed E-state index contributed by atoms with van der Waals surface area (Å²) in [6.07, 6.45) is 1.95. The predicted octanol–water partition coefficient (Wildman–Crippen LogP) is 3.65. The third-order valence-electron chi connectivity index (χ3n) is 4.98. The molecule has 0 aromatic carbocycles. The van der Waals surface area contributed by atoms with Gasteiger partial charge in [0.05, 0.1) is 11.8 Å². The number of carboxylic acid groups (broad SMARTS) is 2. The van der Waals surface area contributed by atoms with Crippen LogP contribution < -0.4 is 0 Å². The molecule has 0 saturated heterocycles. The molecule has 0 radical (unpaired) electrons. The molecule has 0 aliphatic carbocycles. The van der Waals surface area contributed by atoms with Gasteiger partial charge in [-0.1, -0.05) is 48.0 Å². The van der Waals surface area contributed by atoms with Crippen molar-refractivity contribution in [2.45, 2.75) is 60.8 Å². The Hall–Kier alpha value is -1.06. The van der Waals surface area contributed by atoms with E-state index in [4.69, 9.17) is 0 Å². The van der Waals surface area contributed by atoms with E-state index in [9.17, 15) is 19.8 Å². The molecule has 0 fully saturated rings. The summed E-state index contributed by atoms with van der Waals surface area (Å²) in [5.74, 6) is -3.75. The quantitative estimate of drug-likeness (QED) is 0.707. The maximum Gasteiger partial charge on any atom is 0.307 e. The van der Waals surface area contributed by atoms with Crippen molar-refractivity contribution in [3.05, 3.63) is 0 Å². The second kappa shape index (κ2) is 6.40. The number of hydrogen-bond donors (Lipinski definition) is 2. The Morgan fingerprint density at radius 3 is 1.42 bits per heavy atom. The van der Waals surface area contributed by atoms with Crippen LogP contribution in [0.5, 0.6) is 0 Å². The van der Waals surface area contributed by atoms with Gasteiger partial charge in [-0.3, -0.25) is 9.59 Å². The van der Waals surface area contributed by atoms with E-state index in [0.717, 1.165) is 0 Å². The van der Waals surface area contributed by atoms with E-state index in [1.54, 1.807) is 0 Å². The second-order valence-corrected chi connectivity index (χ2v) is 6.34. The zero-order valence-electron chi connectivity index (χ0n) is 13.0. The molecular formula is C15H28O4. The lowest BCUT2D eigenvalue weighted by Crippen LogP contribution is -2.47. The lowest BCUT2D eigenvalue weighted by molar-refractivity contribution is -0.166. The number of carboxylic acids is 2. The molecule has 4 heteroatoms. The fraction of sp³-hybridized carbons (Fsp3) is 0.867. The van der Waals surface area contributed by atoms with Crippen LogP contribution in [0.3, 0.4) is 0 Å². The number of rotatable bonds is 8. The third-order valence-corrected chi connectivity index (χ3v) is 4.98. The summed E-state index contributed by atoms with van der Waals surface area (Å²) in [7, 11) is 0. The molecule has 0 aromatic heterocycles. The Kier molecular flexibility index (Phi) is 6.04. The number of carbonyl (C=O) groups is 2. The first-order chi connectivity index (χ1) is 8.57. The molecule has 0 rings (SSSR count). The van der Waals surface area contributed by atoms with Crippen molar-refractivity contribution >= 4 is 11.9 Å². The third kappa shape index (κ3) is 3.71. The fourth-order valence-corrected chi connectivity index (χ4v) is 2.68. The molecule has 4 nitrogen and oxygen atoms in total. The lowest BCUT2D eigenvalue weighted by Gasteiger charge is -2.42. The van der Waals surface area contributed by atoms with Gasteiger partial charge in [0, 0.05) is 0 Å². The molecule has 19 heavy (non-hydrogen) atoms. The Balaban J connectivity index is 5.83. The van der Waals surface area contributed by atoms with Gasteiger partial charge in [0.15, 0.2) is 0 Å². The molecule has 112 valence electrons. The molecule has 0 bridgehead atoms. The molecular weight excluding hydrogens is 244 g/mol. The van der Waals surface area contributed by atoms with Crippen molar-refractivity contribution in [3.8, 4) is 0 Å². The van der Waals surface area contributed by atoms with Crippen molar-refractivity contribution < 1.29 is 19.8 Å². The van der Waals surface area contributed by atoms with Crippen LogP contribution in [-0.2, 0) is 9.59 Å². The summed E-state index contributed by atoms with van der Waals surface area (Å²) in [5, 5.41) is 19.1. The van der Waals surface area contributed by atoms with Crippen LogP contribution in [0.4, 0.5) is 0 Å². The van der Waals surface area contributed by atoms with Gasteiger partial charge in [-0.2, -0.15) is 0 Å². The van der Waals surface area contributed by atoms with Gasteiger partial charge in [-0.15, -0.1) is 0 Å². The monoisotopic (exact) mass is 272 g/mol. The van der Waals surface area contributed by atoms with Gasteiger partial charge in [-0.25, -0.2) is 0 Å². The smallest absolute Gasteiger partial charge is 0.307 e. The summed E-state index contributed by atoms with van der Waals surface area (Å²) in [5.41, 5.74) is -1.04. The Morgan fingerprint density at radius 1 is 0.842 bits per heavy atom. The molecule has 0 aromatic rings. The minimum Gasteiger partial charge on any atom is -0.481 e. The maximum atomic E-state index is 11.7. The minimum absolute atomic E-state index is 0.499. The summed E-state index contributed by atoms with van der Waals surface area (Å²) in [6, 6.07) is 0. The van der Waals surface area contributed by atoms with Gasteiger partial charge in [0.2, 0.25) is 0 Å². The Morgan fingerprint density at radius 2 is 1.21 bits per heavy atom. The molecule has 2 N–H and O–H groups in total. The van der Waals surface area contributed by atoms with Gasteiger partial charge < -0.3 is 10.2 Å². The number of hydrogen-bond acceptors (Lipinski definition) is 2. The molecule has 0 saturated carbocycles. The van der Waals surface area contributed by atoms with Gasteiger partial charge in [0.1, 0.15) is 0 Å². The average Bonchev–Trinajstić information content (AvgIpc) is 2.33. The van der Waals surface area contributed by atoms with E-state index in [-0.39, 0.29) is 0 Å². The van der Waals surface area contributed by atoms with E-state index in [0.29, 0.717) is 19.3 Å². The maximum absolute atomic E-state index is 11.7. The Bertz CT molecular complexity index is 329. The average molecular weight is 272 g/mol. The normalized spacial score (nSPS) is 15.9. The molecule has 2 atom stereocenters. The first-order valence-electron chi connectivity index (χ1n) is 7.03. The van der Waals surface area contributed by atoms with Crippen LogP contribution in [0, 0.1) is 22.7 Å². The highest BCUT2D eigenvalue weighted by atomic mass is 16.4. The highest BCUT2D eigenvalue weighted by Crippen LogP contribution is 2.47. The zero-order chi connectivity index (χ0) is 15.4. The highest BCUT2D eigenvalue weighted by molar-refractivity contribution is 5.81. The fourth-order valence-electron chi connectivity index (χ4n) is 2.68. The lowest BCUT2D eigenvalue weighted by atomic mass is 9.60. The SMILES string of the molecule is CCC(C)(C)C(C(=O)O)C(C(=O)O)C(C)(CC)CC. The Labute approximate surface area is 116 Å². The van der Waals surface area contributed by atoms with Crippen LogP contribution in [0.15, 0.2) is 0 Å². The van der Waals surface area contributed by atoms with Crippen molar-refractivity contribution in [2.75, 3.05) is 0 Å². The first-order valence-corrected chi connectivity index (χ1v) is 7.03. The summed E-state index contributed by atoms with van der Waals surface area (Å²) in [4.78, 5) is 23.4. The second-order valence-electron chi connectivity index (χ2n) is 6.34. The minimum atomic E-state index is -1.01. The standard InChI is InChI=1S/C15H28O4/c1-7-14(4,5)10(12(16)17)11(13(18)19)15(6,8-2)9-3/h10-11H,7-9H2,1-6H3,(H,16,17)(H,18,19). The van der Waals surface area contributed by atoms with E-state index in [1.165, 1.54) is 0 Å². The van der Waals surface area contributed by atoms with E-state index in [2.05, 4.69) is 0 Å². The molecule has 0 aliphatic rings. The topological polar surface area (TPSA) is 74.6 Å². The van der Waals surface area contributed by atoms with Crippen LogP contribution in [0.2, 0.25) is 0 Å². The van der Waals surface area contributed by atoms with Gasteiger partial charge in [-0.05, 0) is 23.7 Å². The van der Waals surface area contributed by atoms with Crippen molar-refractivity contribution in [1.82, 2.24) is 0 Å². The van der Waals surface area contributed by atoms with Crippen molar-refractivity contribution in [2.24, 2.45) is 22.7 Å². The highest BCUT2D eigenvalue weighted by Gasteiger charge is 2.50. The zero-order valence-corrected chi connectivity index (χ0v) is 13.0. The van der Waals surface area contributed by atoms with Crippen LogP contribution in [0.25, 0.3) is 0 Å². The van der Waals surface area contributed by atoms with E-state index >= 15 is 0 Å². The van der Waals surface area contributed by atoms with Gasteiger partial charge >= 0.3 is 11.9 Å².